The van der Waals surface area contributed by atoms with Gasteiger partial charge in [0.15, 0.2) is 0 Å². The van der Waals surface area contributed by atoms with E-state index in [9.17, 15) is 5.11 Å². The molecule has 0 spiro atoms. The van der Waals surface area contributed by atoms with Gasteiger partial charge in [-0.2, -0.15) is 0 Å². The number of benzene rings is 2. The summed E-state index contributed by atoms with van der Waals surface area (Å²) in [6.07, 6.45) is -0.709. The number of likely N-dealkylation sites (N-methyl/N-ethyl adjacent to an activating group) is 1. The van der Waals surface area contributed by atoms with Crippen LogP contribution < -0.4 is 4.74 Å². The lowest BCUT2D eigenvalue weighted by Gasteiger charge is -2.22. The van der Waals surface area contributed by atoms with Crippen LogP contribution in [0.5, 0.6) is 5.75 Å². The predicted octanol–water partition coefficient (Wildman–Crippen LogP) is 3.64. The molecule has 130 valence electrons. The zero-order valence-corrected chi connectivity index (χ0v) is 15.8. The van der Waals surface area contributed by atoms with Gasteiger partial charge >= 0.3 is 0 Å². The first-order valence-electron chi connectivity index (χ1n) is 7.63. The topological polar surface area (TPSA) is 52.9 Å². The highest BCUT2D eigenvalue weighted by molar-refractivity contribution is 9.10. The molecule has 24 heavy (non-hydrogen) atoms. The SMILES string of the molecule is CN(CCO)CC(O)c1cc(Br)ccc1OCc1ccc(Cl)cc1. The van der Waals surface area contributed by atoms with E-state index in [1.807, 2.05) is 54.4 Å². The van der Waals surface area contributed by atoms with E-state index in [0.29, 0.717) is 36.0 Å². The molecule has 6 heteroatoms. The summed E-state index contributed by atoms with van der Waals surface area (Å²) >= 11 is 9.32. The summed E-state index contributed by atoms with van der Waals surface area (Å²) in [6.45, 7) is 1.37. The molecule has 0 saturated heterocycles. The third kappa shape index (κ3) is 5.76. The van der Waals surface area contributed by atoms with E-state index >= 15 is 0 Å². The maximum atomic E-state index is 10.5. The lowest BCUT2D eigenvalue weighted by molar-refractivity contribution is 0.111. The third-order valence-corrected chi connectivity index (χ3v) is 4.35. The molecular formula is C18H21BrClNO3. The average molecular weight is 415 g/mol. The molecule has 1 atom stereocenters. The standard InChI is InChI=1S/C18H21BrClNO3/c1-21(8-9-22)11-17(23)16-10-14(19)4-7-18(16)24-12-13-2-5-15(20)6-3-13/h2-7,10,17,22-23H,8-9,11-12H2,1H3. The number of aliphatic hydroxyl groups excluding tert-OH is 2. The Morgan fingerprint density at radius 3 is 2.58 bits per heavy atom. The molecular weight excluding hydrogens is 394 g/mol. The monoisotopic (exact) mass is 413 g/mol. The van der Waals surface area contributed by atoms with Gasteiger partial charge in [-0.1, -0.05) is 39.7 Å². The van der Waals surface area contributed by atoms with Gasteiger partial charge in [-0.15, -0.1) is 0 Å². The maximum Gasteiger partial charge on any atom is 0.125 e. The molecule has 2 aromatic carbocycles. The summed E-state index contributed by atoms with van der Waals surface area (Å²) in [5.74, 6) is 0.637. The van der Waals surface area contributed by atoms with Crippen molar-refractivity contribution in [2.24, 2.45) is 0 Å². The van der Waals surface area contributed by atoms with Gasteiger partial charge in [-0.05, 0) is 42.9 Å². The maximum absolute atomic E-state index is 10.5. The van der Waals surface area contributed by atoms with E-state index in [1.165, 1.54) is 0 Å². The van der Waals surface area contributed by atoms with Crippen LogP contribution in [0, 0.1) is 0 Å². The molecule has 0 radical (unpaired) electrons. The molecule has 4 nitrogen and oxygen atoms in total. The second-order valence-corrected chi connectivity index (χ2v) is 6.95. The Labute approximate surface area is 155 Å². The molecule has 0 aliphatic carbocycles. The van der Waals surface area contributed by atoms with Crippen LogP contribution in [0.3, 0.4) is 0 Å². The second kappa shape index (κ2) is 9.39. The smallest absolute Gasteiger partial charge is 0.125 e. The Hall–Kier alpha value is -1.11. The average Bonchev–Trinajstić information content (AvgIpc) is 2.55. The van der Waals surface area contributed by atoms with Gasteiger partial charge in [-0.3, -0.25) is 0 Å². The van der Waals surface area contributed by atoms with Gasteiger partial charge in [0.05, 0.1) is 12.7 Å². The van der Waals surface area contributed by atoms with Crippen LogP contribution >= 0.6 is 27.5 Å². The lowest BCUT2D eigenvalue weighted by Crippen LogP contribution is -2.27. The van der Waals surface area contributed by atoms with Crippen molar-refractivity contribution in [1.82, 2.24) is 4.90 Å². The van der Waals surface area contributed by atoms with Gasteiger partial charge in [0.2, 0.25) is 0 Å². The van der Waals surface area contributed by atoms with Gasteiger partial charge in [0.25, 0.3) is 0 Å². The van der Waals surface area contributed by atoms with Gasteiger partial charge in [-0.25, -0.2) is 0 Å². The van der Waals surface area contributed by atoms with Crippen molar-refractivity contribution in [3.8, 4) is 5.75 Å². The van der Waals surface area contributed by atoms with E-state index in [1.54, 1.807) is 0 Å². The number of halogens is 2. The molecule has 0 amide bonds. The van der Waals surface area contributed by atoms with Crippen molar-refractivity contribution in [2.75, 3.05) is 26.7 Å². The van der Waals surface area contributed by atoms with Crippen molar-refractivity contribution in [3.63, 3.8) is 0 Å². The Morgan fingerprint density at radius 2 is 1.92 bits per heavy atom. The summed E-state index contributed by atoms with van der Waals surface area (Å²) in [5.41, 5.74) is 1.71. The largest absolute Gasteiger partial charge is 0.489 e. The predicted molar refractivity (Wildman–Crippen MR) is 99.5 cm³/mol. The van der Waals surface area contributed by atoms with E-state index in [4.69, 9.17) is 21.4 Å². The number of hydrogen-bond acceptors (Lipinski definition) is 4. The number of hydrogen-bond donors (Lipinski definition) is 2. The van der Waals surface area contributed by atoms with Crippen LogP contribution in [0.25, 0.3) is 0 Å². The molecule has 0 aliphatic heterocycles. The van der Waals surface area contributed by atoms with Crippen LogP contribution in [0.15, 0.2) is 46.9 Å². The summed E-state index contributed by atoms with van der Waals surface area (Å²) in [5, 5.41) is 20.2. The van der Waals surface area contributed by atoms with Crippen LogP contribution in [0.4, 0.5) is 0 Å². The number of aliphatic hydroxyl groups is 2. The molecule has 2 rings (SSSR count). The van der Waals surface area contributed by atoms with E-state index in [-0.39, 0.29) is 6.61 Å². The highest BCUT2D eigenvalue weighted by atomic mass is 79.9. The molecule has 0 aromatic heterocycles. The molecule has 1 unspecified atom stereocenters. The van der Waals surface area contributed by atoms with Gasteiger partial charge in [0, 0.05) is 28.1 Å². The van der Waals surface area contributed by atoms with Crippen molar-refractivity contribution in [2.45, 2.75) is 12.7 Å². The molecule has 0 bridgehead atoms. The quantitative estimate of drug-likeness (QED) is 0.692. The third-order valence-electron chi connectivity index (χ3n) is 3.60. The van der Waals surface area contributed by atoms with Crippen LogP contribution in [0.1, 0.15) is 17.2 Å². The lowest BCUT2D eigenvalue weighted by atomic mass is 10.1. The molecule has 0 saturated carbocycles. The fraction of sp³-hybridized carbons (Fsp3) is 0.333. The van der Waals surface area contributed by atoms with Crippen molar-refractivity contribution in [3.05, 3.63) is 63.1 Å². The first-order valence-corrected chi connectivity index (χ1v) is 8.81. The van der Waals surface area contributed by atoms with Crippen LogP contribution in [-0.2, 0) is 6.61 Å². The van der Waals surface area contributed by atoms with Crippen LogP contribution in [0.2, 0.25) is 5.02 Å². The minimum absolute atomic E-state index is 0.0572. The minimum atomic E-state index is -0.709. The van der Waals surface area contributed by atoms with E-state index in [0.717, 1.165) is 10.0 Å². The minimum Gasteiger partial charge on any atom is -0.489 e. The zero-order valence-electron chi connectivity index (χ0n) is 13.5. The fourth-order valence-electron chi connectivity index (χ4n) is 2.31. The number of nitrogens with zero attached hydrogens (tertiary/aromatic N) is 1. The molecule has 2 aromatic rings. The molecule has 0 aliphatic rings. The highest BCUT2D eigenvalue weighted by Gasteiger charge is 2.16. The molecule has 0 fully saturated rings. The first kappa shape index (κ1) is 19.2. The van der Waals surface area contributed by atoms with Crippen molar-refractivity contribution in [1.29, 1.82) is 0 Å². The Kier molecular flexibility index (Phi) is 7.52. The first-order chi connectivity index (χ1) is 11.5. The Balaban J connectivity index is 2.10. The Morgan fingerprint density at radius 1 is 1.21 bits per heavy atom. The second-order valence-electron chi connectivity index (χ2n) is 5.60. The van der Waals surface area contributed by atoms with E-state index < -0.39 is 6.10 Å². The normalized spacial score (nSPS) is 12.4. The fourth-order valence-corrected chi connectivity index (χ4v) is 2.81. The summed E-state index contributed by atoms with van der Waals surface area (Å²) in [7, 11) is 1.85. The molecule has 0 heterocycles. The summed E-state index contributed by atoms with van der Waals surface area (Å²) in [6, 6.07) is 13.0. The van der Waals surface area contributed by atoms with Crippen molar-refractivity contribution < 1.29 is 14.9 Å². The Bertz CT molecular complexity index is 651. The number of ether oxygens (including phenoxy) is 1. The van der Waals surface area contributed by atoms with Gasteiger partial charge < -0.3 is 19.8 Å². The molecule has 2 N–H and O–H groups in total. The van der Waals surface area contributed by atoms with Crippen molar-refractivity contribution >= 4 is 27.5 Å². The zero-order chi connectivity index (χ0) is 17.5. The van der Waals surface area contributed by atoms with E-state index in [2.05, 4.69) is 15.9 Å². The number of rotatable bonds is 8. The van der Waals surface area contributed by atoms with Crippen LogP contribution in [-0.4, -0.2) is 41.9 Å². The van der Waals surface area contributed by atoms with Gasteiger partial charge in [0.1, 0.15) is 12.4 Å². The summed E-state index contributed by atoms with van der Waals surface area (Å²) < 4.78 is 6.76. The highest BCUT2D eigenvalue weighted by Crippen LogP contribution is 2.30. The summed E-state index contributed by atoms with van der Waals surface area (Å²) in [4.78, 5) is 1.87.